The van der Waals surface area contributed by atoms with E-state index in [1.165, 1.54) is 11.1 Å². The highest BCUT2D eigenvalue weighted by Crippen LogP contribution is 2.21. The summed E-state index contributed by atoms with van der Waals surface area (Å²) in [5.41, 5.74) is 4.36. The van der Waals surface area contributed by atoms with Crippen LogP contribution in [0, 0.1) is 6.92 Å². The van der Waals surface area contributed by atoms with Crippen LogP contribution in [0.25, 0.3) is 0 Å². The van der Waals surface area contributed by atoms with E-state index in [9.17, 15) is 4.79 Å². The number of amides is 1. The maximum atomic E-state index is 12.3. The molecule has 0 aliphatic rings. The second kappa shape index (κ2) is 8.67. The van der Waals surface area contributed by atoms with E-state index in [4.69, 9.17) is 4.74 Å². The van der Waals surface area contributed by atoms with Gasteiger partial charge in [0, 0.05) is 17.8 Å². The molecule has 4 heteroatoms. The Labute approximate surface area is 150 Å². The fourth-order valence-electron chi connectivity index (χ4n) is 2.77. The third-order valence-corrected chi connectivity index (χ3v) is 4.15. The van der Waals surface area contributed by atoms with Crippen molar-refractivity contribution < 1.29 is 9.53 Å². The molecule has 0 saturated carbocycles. The number of ether oxygens (including phenoxy) is 1. The van der Waals surface area contributed by atoms with Crippen LogP contribution in [-0.2, 0) is 11.3 Å². The Bertz CT molecular complexity index is 708. The van der Waals surface area contributed by atoms with Crippen molar-refractivity contribution in [2.75, 3.05) is 26.0 Å². The van der Waals surface area contributed by atoms with Gasteiger partial charge in [-0.25, -0.2) is 0 Å². The number of rotatable bonds is 7. The number of methoxy groups -OCH3 is 1. The molecule has 0 atom stereocenters. The zero-order valence-corrected chi connectivity index (χ0v) is 15.8. The molecule has 0 aromatic heterocycles. The lowest BCUT2D eigenvalue weighted by molar-refractivity contribution is -0.117. The molecule has 0 bridgehead atoms. The number of aryl methyl sites for hydroxylation is 1. The molecular weight excluding hydrogens is 312 g/mol. The second-order valence-corrected chi connectivity index (χ2v) is 6.81. The van der Waals surface area contributed by atoms with Gasteiger partial charge in [0.05, 0.1) is 13.7 Å². The summed E-state index contributed by atoms with van der Waals surface area (Å²) in [5, 5.41) is 2.95. The highest BCUT2D eigenvalue weighted by molar-refractivity contribution is 5.92. The summed E-state index contributed by atoms with van der Waals surface area (Å²) < 4.78 is 5.41. The molecule has 25 heavy (non-hydrogen) atoms. The van der Waals surface area contributed by atoms with Crippen LogP contribution in [0.15, 0.2) is 42.5 Å². The van der Waals surface area contributed by atoms with Crippen molar-refractivity contribution in [1.29, 1.82) is 0 Å². The molecule has 1 N–H and O–H groups in total. The first-order valence-electron chi connectivity index (χ1n) is 8.61. The summed E-state index contributed by atoms with van der Waals surface area (Å²) in [6.07, 6.45) is 0. The Morgan fingerprint density at radius 2 is 1.84 bits per heavy atom. The third-order valence-electron chi connectivity index (χ3n) is 4.15. The number of nitrogens with zero attached hydrogens (tertiary/aromatic N) is 1. The molecule has 2 aromatic carbocycles. The van der Waals surface area contributed by atoms with Crippen LogP contribution in [0.4, 0.5) is 5.69 Å². The van der Waals surface area contributed by atoms with Crippen molar-refractivity contribution in [3.8, 4) is 5.75 Å². The van der Waals surface area contributed by atoms with Gasteiger partial charge >= 0.3 is 0 Å². The quantitative estimate of drug-likeness (QED) is 0.821. The molecule has 0 radical (unpaired) electrons. The fraction of sp³-hybridized carbons (Fsp3) is 0.381. The average Bonchev–Trinajstić information content (AvgIpc) is 2.55. The zero-order chi connectivity index (χ0) is 18.4. The van der Waals surface area contributed by atoms with Crippen LogP contribution in [-0.4, -0.2) is 31.5 Å². The van der Waals surface area contributed by atoms with E-state index in [0.717, 1.165) is 17.0 Å². The summed E-state index contributed by atoms with van der Waals surface area (Å²) >= 11 is 0. The Balaban J connectivity index is 1.93. The fourth-order valence-corrected chi connectivity index (χ4v) is 2.77. The molecule has 0 unspecified atom stereocenters. The van der Waals surface area contributed by atoms with Crippen molar-refractivity contribution in [3.05, 3.63) is 59.2 Å². The first-order chi connectivity index (χ1) is 11.9. The number of anilines is 1. The number of nitrogens with one attached hydrogen (secondary N) is 1. The van der Waals surface area contributed by atoms with Gasteiger partial charge in [-0.1, -0.05) is 43.7 Å². The first kappa shape index (κ1) is 19.0. The minimum Gasteiger partial charge on any atom is -0.496 e. The molecule has 1 amide bonds. The summed E-state index contributed by atoms with van der Waals surface area (Å²) in [6.45, 7) is 7.34. The van der Waals surface area contributed by atoms with Crippen LogP contribution >= 0.6 is 0 Å². The molecule has 4 nitrogen and oxygen atoms in total. The number of likely N-dealkylation sites (N-methyl/N-ethyl adjacent to an activating group) is 1. The number of hydrogen-bond donors (Lipinski definition) is 1. The first-order valence-corrected chi connectivity index (χ1v) is 8.61. The molecule has 0 aliphatic carbocycles. The minimum atomic E-state index is -0.0218. The molecule has 2 rings (SSSR count). The third kappa shape index (κ3) is 5.61. The molecule has 2 aromatic rings. The standard InChI is InChI=1S/C21H28N2O2/c1-15(2)17-7-9-19(10-8-17)22-21(24)14-23(4)13-18-12-16(3)6-11-20(18)25-5/h6-12,15H,13-14H2,1-5H3,(H,22,24). The second-order valence-electron chi connectivity index (χ2n) is 6.81. The van der Waals surface area contributed by atoms with Crippen LogP contribution < -0.4 is 10.1 Å². The number of carbonyl (C=O) groups excluding carboxylic acids is 1. The topological polar surface area (TPSA) is 41.6 Å². The van der Waals surface area contributed by atoms with E-state index in [1.807, 2.05) is 36.2 Å². The van der Waals surface area contributed by atoms with Crippen molar-refractivity contribution in [3.63, 3.8) is 0 Å². The van der Waals surface area contributed by atoms with Gasteiger partial charge in [-0.05, 0) is 43.7 Å². The lowest BCUT2D eigenvalue weighted by Gasteiger charge is -2.18. The molecular formula is C21H28N2O2. The molecule has 134 valence electrons. The number of benzene rings is 2. The largest absolute Gasteiger partial charge is 0.496 e. The summed E-state index contributed by atoms with van der Waals surface area (Å²) in [7, 11) is 3.60. The monoisotopic (exact) mass is 340 g/mol. The van der Waals surface area contributed by atoms with Gasteiger partial charge in [0.2, 0.25) is 5.91 Å². The number of carbonyl (C=O) groups is 1. The Hall–Kier alpha value is -2.33. The highest BCUT2D eigenvalue weighted by Gasteiger charge is 2.11. The Morgan fingerprint density at radius 3 is 2.44 bits per heavy atom. The SMILES string of the molecule is COc1ccc(C)cc1CN(C)CC(=O)Nc1ccc(C(C)C)cc1. The van der Waals surface area contributed by atoms with Gasteiger partial charge in [0.1, 0.15) is 5.75 Å². The van der Waals surface area contributed by atoms with E-state index in [2.05, 4.69) is 44.3 Å². The lowest BCUT2D eigenvalue weighted by Crippen LogP contribution is -2.30. The van der Waals surface area contributed by atoms with Gasteiger partial charge in [-0.15, -0.1) is 0 Å². The van der Waals surface area contributed by atoms with Gasteiger partial charge in [-0.2, -0.15) is 0 Å². The van der Waals surface area contributed by atoms with E-state index in [0.29, 0.717) is 19.0 Å². The smallest absolute Gasteiger partial charge is 0.238 e. The van der Waals surface area contributed by atoms with Gasteiger partial charge in [-0.3, -0.25) is 9.69 Å². The molecule has 0 heterocycles. The summed E-state index contributed by atoms with van der Waals surface area (Å²) in [6, 6.07) is 14.1. The Morgan fingerprint density at radius 1 is 1.16 bits per heavy atom. The summed E-state index contributed by atoms with van der Waals surface area (Å²) in [5.74, 6) is 1.31. The van der Waals surface area contributed by atoms with Gasteiger partial charge in [0.15, 0.2) is 0 Å². The van der Waals surface area contributed by atoms with Crippen molar-refractivity contribution in [2.24, 2.45) is 0 Å². The predicted octanol–water partition coefficient (Wildman–Crippen LogP) is 4.20. The van der Waals surface area contributed by atoms with E-state index in [-0.39, 0.29) is 5.91 Å². The van der Waals surface area contributed by atoms with Crippen molar-refractivity contribution in [1.82, 2.24) is 4.90 Å². The van der Waals surface area contributed by atoms with E-state index < -0.39 is 0 Å². The maximum absolute atomic E-state index is 12.3. The normalized spacial score (nSPS) is 11.0. The predicted molar refractivity (Wildman–Crippen MR) is 103 cm³/mol. The van der Waals surface area contributed by atoms with Crippen LogP contribution in [0.3, 0.4) is 0 Å². The van der Waals surface area contributed by atoms with Crippen molar-refractivity contribution in [2.45, 2.75) is 33.2 Å². The minimum absolute atomic E-state index is 0.0218. The molecule has 0 saturated heterocycles. The molecule has 0 spiro atoms. The zero-order valence-electron chi connectivity index (χ0n) is 15.8. The van der Waals surface area contributed by atoms with E-state index >= 15 is 0 Å². The van der Waals surface area contributed by atoms with Gasteiger partial charge in [0.25, 0.3) is 0 Å². The molecule has 0 fully saturated rings. The average molecular weight is 340 g/mol. The van der Waals surface area contributed by atoms with Crippen LogP contribution in [0.1, 0.15) is 36.5 Å². The van der Waals surface area contributed by atoms with Crippen molar-refractivity contribution >= 4 is 11.6 Å². The summed E-state index contributed by atoms with van der Waals surface area (Å²) in [4.78, 5) is 14.3. The maximum Gasteiger partial charge on any atom is 0.238 e. The van der Waals surface area contributed by atoms with E-state index in [1.54, 1.807) is 7.11 Å². The van der Waals surface area contributed by atoms with Crippen LogP contribution in [0.5, 0.6) is 5.75 Å². The molecule has 0 aliphatic heterocycles. The Kier molecular flexibility index (Phi) is 6.59. The lowest BCUT2D eigenvalue weighted by atomic mass is 10.0. The number of hydrogen-bond acceptors (Lipinski definition) is 3. The van der Waals surface area contributed by atoms with Crippen LogP contribution in [0.2, 0.25) is 0 Å². The van der Waals surface area contributed by atoms with Gasteiger partial charge < -0.3 is 10.1 Å². The highest BCUT2D eigenvalue weighted by atomic mass is 16.5.